The lowest BCUT2D eigenvalue weighted by molar-refractivity contribution is -0.136. The molecule has 0 fully saturated rings. The fourth-order valence-corrected chi connectivity index (χ4v) is 4.13. The summed E-state index contributed by atoms with van der Waals surface area (Å²) in [5, 5.41) is 12.2. The van der Waals surface area contributed by atoms with Gasteiger partial charge < -0.3 is 15.0 Å². The fourth-order valence-electron chi connectivity index (χ4n) is 3.38. The summed E-state index contributed by atoms with van der Waals surface area (Å²) in [4.78, 5) is 27.2. The summed E-state index contributed by atoms with van der Waals surface area (Å²) in [5.41, 5.74) is 0.884. The summed E-state index contributed by atoms with van der Waals surface area (Å²) < 4.78 is 5.24. The van der Waals surface area contributed by atoms with Gasteiger partial charge in [0.15, 0.2) is 0 Å². The van der Waals surface area contributed by atoms with Crippen molar-refractivity contribution in [3.05, 3.63) is 24.3 Å². The van der Waals surface area contributed by atoms with Crippen LogP contribution in [0.5, 0.6) is 5.75 Å². The Balaban J connectivity index is 1.93. The lowest BCUT2D eigenvalue weighted by Crippen LogP contribution is -2.38. The van der Waals surface area contributed by atoms with Crippen LogP contribution in [0.3, 0.4) is 0 Å². The van der Waals surface area contributed by atoms with Gasteiger partial charge in [-0.05, 0) is 31.4 Å². The molecule has 1 atom stereocenters. The summed E-state index contributed by atoms with van der Waals surface area (Å²) >= 11 is 1.31. The normalized spacial score (nSPS) is 11.7. The molecule has 0 bridgehead atoms. The Kier molecular flexibility index (Phi) is 10.4. The second-order valence-corrected chi connectivity index (χ2v) is 8.49. The Morgan fingerprint density at radius 2 is 1.97 bits per heavy atom. The van der Waals surface area contributed by atoms with Crippen molar-refractivity contribution in [1.82, 2.24) is 15.1 Å². The second kappa shape index (κ2) is 13.0. The molecule has 1 aromatic carbocycles. The van der Waals surface area contributed by atoms with Crippen molar-refractivity contribution >= 4 is 28.3 Å². The first kappa shape index (κ1) is 24.8. The van der Waals surface area contributed by atoms with Gasteiger partial charge in [-0.3, -0.25) is 9.59 Å². The minimum Gasteiger partial charge on any atom is -0.497 e. The topological polar surface area (TPSA) is 84.4 Å². The highest BCUT2D eigenvalue weighted by atomic mass is 32.1. The zero-order chi connectivity index (χ0) is 22.6. The molecule has 7 nitrogen and oxygen atoms in total. The van der Waals surface area contributed by atoms with Crippen molar-refractivity contribution < 1.29 is 14.3 Å². The van der Waals surface area contributed by atoms with Crippen molar-refractivity contribution in [1.29, 1.82) is 0 Å². The quantitative estimate of drug-likeness (QED) is 0.468. The zero-order valence-corrected chi connectivity index (χ0v) is 19.8. The molecule has 0 aliphatic rings. The van der Waals surface area contributed by atoms with Crippen LogP contribution in [0.25, 0.3) is 10.6 Å². The Hall–Kier alpha value is -2.48. The van der Waals surface area contributed by atoms with Gasteiger partial charge in [0.25, 0.3) is 0 Å². The van der Waals surface area contributed by atoms with Crippen LogP contribution < -0.4 is 10.1 Å². The Morgan fingerprint density at radius 3 is 2.65 bits per heavy atom. The van der Waals surface area contributed by atoms with E-state index in [9.17, 15) is 9.59 Å². The second-order valence-electron chi connectivity index (χ2n) is 7.52. The van der Waals surface area contributed by atoms with E-state index in [2.05, 4.69) is 36.3 Å². The van der Waals surface area contributed by atoms with Crippen LogP contribution in [0, 0.1) is 5.92 Å². The van der Waals surface area contributed by atoms with Crippen molar-refractivity contribution in [2.24, 2.45) is 5.92 Å². The highest BCUT2D eigenvalue weighted by Crippen LogP contribution is 2.28. The number of carbonyl (C=O) groups excluding carboxylic acids is 2. The van der Waals surface area contributed by atoms with Gasteiger partial charge >= 0.3 is 0 Å². The fraction of sp³-hybridized carbons (Fsp3) is 0.565. The molecule has 2 rings (SSSR count). The first-order valence-electron chi connectivity index (χ1n) is 11.1. The highest BCUT2D eigenvalue weighted by molar-refractivity contribution is 7.18. The number of hydrogen-bond acceptors (Lipinski definition) is 6. The molecule has 0 unspecified atom stereocenters. The summed E-state index contributed by atoms with van der Waals surface area (Å²) in [6.45, 7) is 7.34. The summed E-state index contributed by atoms with van der Waals surface area (Å²) in [5.74, 6) is 0.789. The Labute approximate surface area is 189 Å². The van der Waals surface area contributed by atoms with Crippen molar-refractivity contribution in [3.63, 3.8) is 0 Å². The van der Waals surface area contributed by atoms with Crippen molar-refractivity contribution in [3.8, 4) is 16.3 Å². The van der Waals surface area contributed by atoms with E-state index < -0.39 is 0 Å². The molecule has 0 radical (unpaired) electrons. The predicted octanol–water partition coefficient (Wildman–Crippen LogP) is 5.00. The lowest BCUT2D eigenvalue weighted by Gasteiger charge is -2.26. The third kappa shape index (κ3) is 7.61. The largest absolute Gasteiger partial charge is 0.497 e. The van der Waals surface area contributed by atoms with Gasteiger partial charge in [0.1, 0.15) is 10.8 Å². The van der Waals surface area contributed by atoms with Crippen LogP contribution in [-0.4, -0.2) is 47.1 Å². The molecule has 1 aromatic heterocycles. The molecule has 0 saturated heterocycles. The number of hydrogen-bond donors (Lipinski definition) is 1. The Morgan fingerprint density at radius 1 is 1.16 bits per heavy atom. The summed E-state index contributed by atoms with van der Waals surface area (Å²) in [7, 11) is 1.62. The van der Waals surface area contributed by atoms with Crippen molar-refractivity contribution in [2.45, 2.75) is 59.3 Å². The average Bonchev–Trinajstić information content (AvgIpc) is 3.25. The van der Waals surface area contributed by atoms with E-state index in [0.29, 0.717) is 23.2 Å². The SMILES string of the molecule is CCCC[C@H](CC)C(=O)N(CCC)CCC(=O)Nc1nnc(-c2cccc(OC)c2)s1. The third-order valence-corrected chi connectivity index (χ3v) is 6.04. The molecule has 0 saturated carbocycles. The maximum atomic E-state index is 12.9. The van der Waals surface area contributed by atoms with Crippen LogP contribution in [0.1, 0.15) is 59.3 Å². The molecule has 1 heterocycles. The molecular weight excluding hydrogens is 412 g/mol. The minimum atomic E-state index is -0.163. The number of amides is 2. The molecule has 170 valence electrons. The van der Waals surface area contributed by atoms with E-state index in [1.807, 2.05) is 29.2 Å². The molecule has 8 heteroatoms. The number of aromatic nitrogens is 2. The number of methoxy groups -OCH3 is 1. The van der Waals surface area contributed by atoms with Crippen LogP contribution in [0.2, 0.25) is 0 Å². The predicted molar refractivity (Wildman–Crippen MR) is 125 cm³/mol. The average molecular weight is 447 g/mol. The summed E-state index contributed by atoms with van der Waals surface area (Å²) in [6, 6.07) is 7.55. The van der Waals surface area contributed by atoms with Gasteiger partial charge in [-0.25, -0.2) is 0 Å². The van der Waals surface area contributed by atoms with Gasteiger partial charge in [-0.1, -0.05) is 57.1 Å². The standard InChI is InChI=1S/C23H34N4O3S/c1-5-8-10-17(7-3)22(29)27(14-6-2)15-13-20(28)24-23-26-25-21(31-23)18-11-9-12-19(16-18)30-4/h9,11-12,16-17H,5-8,10,13-15H2,1-4H3,(H,24,26,28)/t17-/m0/s1. The summed E-state index contributed by atoms with van der Waals surface area (Å²) in [6.07, 6.45) is 5.00. The monoisotopic (exact) mass is 446 g/mol. The highest BCUT2D eigenvalue weighted by Gasteiger charge is 2.22. The van der Waals surface area contributed by atoms with Crippen LogP contribution >= 0.6 is 11.3 Å². The smallest absolute Gasteiger partial charge is 0.227 e. The molecule has 0 aliphatic carbocycles. The van der Waals surface area contributed by atoms with E-state index in [1.165, 1.54) is 11.3 Å². The first-order valence-corrected chi connectivity index (χ1v) is 11.9. The van der Waals surface area contributed by atoms with Crippen LogP contribution in [0.15, 0.2) is 24.3 Å². The van der Waals surface area contributed by atoms with E-state index in [-0.39, 0.29) is 24.2 Å². The Bertz CT molecular complexity index is 840. The number of nitrogens with one attached hydrogen (secondary N) is 1. The van der Waals surface area contributed by atoms with Crippen LogP contribution in [-0.2, 0) is 9.59 Å². The molecule has 2 amide bonds. The molecule has 31 heavy (non-hydrogen) atoms. The number of ether oxygens (including phenoxy) is 1. The van der Waals surface area contributed by atoms with Gasteiger partial charge in [-0.2, -0.15) is 0 Å². The van der Waals surface area contributed by atoms with Gasteiger partial charge in [0.2, 0.25) is 16.9 Å². The van der Waals surface area contributed by atoms with E-state index >= 15 is 0 Å². The molecular formula is C23H34N4O3S. The van der Waals surface area contributed by atoms with Gasteiger partial charge in [0, 0.05) is 31.0 Å². The number of anilines is 1. The number of rotatable bonds is 13. The van der Waals surface area contributed by atoms with Crippen molar-refractivity contribution in [2.75, 3.05) is 25.5 Å². The van der Waals surface area contributed by atoms with Crippen LogP contribution in [0.4, 0.5) is 5.13 Å². The third-order valence-electron chi connectivity index (χ3n) is 5.15. The zero-order valence-electron chi connectivity index (χ0n) is 19.0. The van der Waals surface area contributed by atoms with Gasteiger partial charge in [0.05, 0.1) is 7.11 Å². The maximum absolute atomic E-state index is 12.9. The van der Waals surface area contributed by atoms with Gasteiger partial charge in [-0.15, -0.1) is 10.2 Å². The molecule has 0 aliphatic heterocycles. The lowest BCUT2D eigenvalue weighted by atomic mass is 9.97. The van der Waals surface area contributed by atoms with E-state index in [0.717, 1.165) is 43.4 Å². The first-order chi connectivity index (χ1) is 15.0. The number of nitrogens with zero attached hydrogens (tertiary/aromatic N) is 3. The van der Waals surface area contributed by atoms with E-state index in [1.54, 1.807) is 7.11 Å². The molecule has 0 spiro atoms. The number of carbonyl (C=O) groups is 2. The molecule has 1 N–H and O–H groups in total. The molecule has 2 aromatic rings. The number of benzene rings is 1. The number of unbranched alkanes of at least 4 members (excludes halogenated alkanes) is 1. The maximum Gasteiger partial charge on any atom is 0.227 e. The minimum absolute atomic E-state index is 0.0446. The van der Waals surface area contributed by atoms with E-state index in [4.69, 9.17) is 4.74 Å².